The average Bonchev–Trinajstić information content (AvgIpc) is 2.54. The minimum atomic E-state index is -0.266. The Bertz CT molecular complexity index is 670. The third-order valence-electron chi connectivity index (χ3n) is 3.74. The Labute approximate surface area is 141 Å². The average molecular weight is 331 g/mol. The molecule has 1 atom stereocenters. The van der Waals surface area contributed by atoms with Crippen LogP contribution in [-0.4, -0.2) is 11.2 Å². The molecule has 2 aromatic carbocycles. The van der Waals surface area contributed by atoms with Crippen molar-refractivity contribution in [2.45, 2.75) is 38.3 Å². The van der Waals surface area contributed by atoms with Gasteiger partial charge in [0.25, 0.3) is 0 Å². The van der Waals surface area contributed by atoms with Crippen molar-refractivity contribution in [3.63, 3.8) is 0 Å². The van der Waals surface area contributed by atoms with Crippen LogP contribution >= 0.6 is 11.8 Å². The lowest BCUT2D eigenvalue weighted by molar-refractivity contribution is -0.120. The summed E-state index contributed by atoms with van der Waals surface area (Å²) in [6.07, 6.45) is 0. The van der Waals surface area contributed by atoms with Crippen molar-refractivity contribution in [2.24, 2.45) is 0 Å². The van der Waals surface area contributed by atoms with Crippen LogP contribution in [0.5, 0.6) is 0 Å². The molecule has 1 amide bonds. The fourth-order valence-electron chi connectivity index (χ4n) is 2.18. The van der Waals surface area contributed by atoms with Gasteiger partial charge in [-0.25, -0.2) is 4.39 Å². The zero-order valence-corrected chi connectivity index (χ0v) is 14.5. The van der Waals surface area contributed by atoms with E-state index in [0.717, 1.165) is 11.3 Å². The lowest BCUT2D eigenvalue weighted by Gasteiger charge is -2.13. The number of thioether (sulfide) groups is 1. The Balaban J connectivity index is 1.82. The van der Waals surface area contributed by atoms with Gasteiger partial charge < -0.3 is 5.32 Å². The number of rotatable bonds is 6. The molecule has 1 N–H and O–H groups in total. The molecule has 2 rings (SSSR count). The Hall–Kier alpha value is -1.81. The minimum absolute atomic E-state index is 0.00429. The zero-order valence-electron chi connectivity index (χ0n) is 13.7. The standard InChI is InChI=1S/C19H22FNOS/c1-13-4-5-14(2)17(10-13)12-23-15(3)19(22)21-11-16-6-8-18(20)9-7-16/h4-10,15H,11-12H2,1-3H3,(H,21,22). The lowest BCUT2D eigenvalue weighted by Crippen LogP contribution is -2.30. The molecule has 0 saturated heterocycles. The van der Waals surface area contributed by atoms with Gasteiger partial charge >= 0.3 is 0 Å². The molecule has 0 radical (unpaired) electrons. The van der Waals surface area contributed by atoms with Gasteiger partial charge in [-0.1, -0.05) is 35.9 Å². The molecule has 0 aromatic heterocycles. The van der Waals surface area contributed by atoms with Crippen LogP contribution in [0.3, 0.4) is 0 Å². The maximum atomic E-state index is 12.8. The Kier molecular flexibility index (Phi) is 6.22. The van der Waals surface area contributed by atoms with Crippen LogP contribution in [0.15, 0.2) is 42.5 Å². The number of nitrogens with one attached hydrogen (secondary N) is 1. The van der Waals surface area contributed by atoms with Crippen molar-refractivity contribution < 1.29 is 9.18 Å². The second-order valence-corrected chi connectivity index (χ2v) is 7.06. The van der Waals surface area contributed by atoms with Gasteiger partial charge in [-0.05, 0) is 49.6 Å². The molecule has 4 heteroatoms. The summed E-state index contributed by atoms with van der Waals surface area (Å²) in [5.41, 5.74) is 4.65. The molecule has 0 spiro atoms. The summed E-state index contributed by atoms with van der Waals surface area (Å²) in [6, 6.07) is 12.6. The summed E-state index contributed by atoms with van der Waals surface area (Å²) in [5, 5.41) is 2.77. The van der Waals surface area contributed by atoms with Gasteiger partial charge in [0.05, 0.1) is 5.25 Å². The zero-order chi connectivity index (χ0) is 16.8. The van der Waals surface area contributed by atoms with Crippen LogP contribution in [0.2, 0.25) is 0 Å². The predicted molar refractivity (Wildman–Crippen MR) is 94.9 cm³/mol. The second kappa shape index (κ2) is 8.16. The highest BCUT2D eigenvalue weighted by Gasteiger charge is 2.13. The highest BCUT2D eigenvalue weighted by atomic mass is 32.2. The highest BCUT2D eigenvalue weighted by molar-refractivity contribution is 7.99. The number of benzene rings is 2. The van der Waals surface area contributed by atoms with Crippen molar-refractivity contribution >= 4 is 17.7 Å². The van der Waals surface area contributed by atoms with Crippen molar-refractivity contribution in [1.29, 1.82) is 0 Å². The van der Waals surface area contributed by atoms with E-state index in [1.54, 1.807) is 23.9 Å². The van der Waals surface area contributed by atoms with E-state index in [0.29, 0.717) is 6.54 Å². The SMILES string of the molecule is Cc1ccc(C)c(CSC(C)C(=O)NCc2ccc(F)cc2)c1. The van der Waals surface area contributed by atoms with Crippen molar-refractivity contribution in [1.82, 2.24) is 5.32 Å². The smallest absolute Gasteiger partial charge is 0.233 e. The quantitative estimate of drug-likeness (QED) is 0.851. The van der Waals surface area contributed by atoms with Gasteiger partial charge in [-0.2, -0.15) is 0 Å². The number of carbonyl (C=O) groups is 1. The van der Waals surface area contributed by atoms with E-state index < -0.39 is 0 Å². The normalized spacial score (nSPS) is 12.0. The Morgan fingerprint density at radius 1 is 1.17 bits per heavy atom. The van der Waals surface area contributed by atoms with E-state index in [9.17, 15) is 9.18 Å². The molecule has 0 aliphatic rings. The third kappa shape index (κ3) is 5.39. The molecule has 0 heterocycles. The van der Waals surface area contributed by atoms with Gasteiger partial charge in [0.15, 0.2) is 0 Å². The molecule has 0 fully saturated rings. The summed E-state index contributed by atoms with van der Waals surface area (Å²) >= 11 is 1.63. The van der Waals surface area contributed by atoms with Gasteiger partial charge in [0.2, 0.25) is 5.91 Å². The summed E-state index contributed by atoms with van der Waals surface area (Å²) < 4.78 is 12.8. The third-order valence-corrected chi connectivity index (χ3v) is 4.93. The first-order chi connectivity index (χ1) is 11.0. The van der Waals surface area contributed by atoms with Crippen LogP contribution in [0.1, 0.15) is 29.2 Å². The minimum Gasteiger partial charge on any atom is -0.351 e. The molecule has 122 valence electrons. The van der Waals surface area contributed by atoms with Gasteiger partial charge in [0, 0.05) is 12.3 Å². The van der Waals surface area contributed by atoms with E-state index in [1.165, 1.54) is 28.8 Å². The first kappa shape index (κ1) is 17.5. The molecular weight excluding hydrogens is 309 g/mol. The van der Waals surface area contributed by atoms with E-state index in [-0.39, 0.29) is 17.0 Å². The van der Waals surface area contributed by atoms with Crippen LogP contribution in [0.4, 0.5) is 4.39 Å². The molecule has 23 heavy (non-hydrogen) atoms. The fourth-order valence-corrected chi connectivity index (χ4v) is 3.16. The Morgan fingerprint density at radius 3 is 2.57 bits per heavy atom. The van der Waals surface area contributed by atoms with Gasteiger partial charge in [0.1, 0.15) is 5.82 Å². The first-order valence-electron chi connectivity index (χ1n) is 7.65. The molecule has 2 nitrogen and oxygen atoms in total. The number of hydrogen-bond donors (Lipinski definition) is 1. The number of halogens is 1. The number of aryl methyl sites for hydroxylation is 2. The number of amides is 1. The van der Waals surface area contributed by atoms with E-state index in [4.69, 9.17) is 0 Å². The van der Waals surface area contributed by atoms with E-state index in [1.807, 2.05) is 6.92 Å². The van der Waals surface area contributed by atoms with Crippen molar-refractivity contribution in [3.8, 4) is 0 Å². The summed E-state index contributed by atoms with van der Waals surface area (Å²) in [7, 11) is 0. The molecule has 0 aliphatic carbocycles. The van der Waals surface area contributed by atoms with Crippen molar-refractivity contribution in [2.75, 3.05) is 0 Å². The van der Waals surface area contributed by atoms with Crippen LogP contribution < -0.4 is 5.32 Å². The second-order valence-electron chi connectivity index (χ2n) is 5.73. The number of hydrogen-bond acceptors (Lipinski definition) is 2. The van der Waals surface area contributed by atoms with Crippen LogP contribution in [0.25, 0.3) is 0 Å². The predicted octanol–water partition coefficient (Wildman–Crippen LogP) is 4.38. The van der Waals surface area contributed by atoms with Crippen LogP contribution in [0, 0.1) is 19.7 Å². The largest absolute Gasteiger partial charge is 0.351 e. The summed E-state index contributed by atoms with van der Waals surface area (Å²) in [4.78, 5) is 12.2. The van der Waals surface area contributed by atoms with E-state index >= 15 is 0 Å². The van der Waals surface area contributed by atoms with E-state index in [2.05, 4.69) is 37.4 Å². The maximum absolute atomic E-state index is 12.8. The lowest BCUT2D eigenvalue weighted by atomic mass is 10.1. The Morgan fingerprint density at radius 2 is 1.87 bits per heavy atom. The van der Waals surface area contributed by atoms with Crippen molar-refractivity contribution in [3.05, 3.63) is 70.5 Å². The summed E-state index contributed by atoms with van der Waals surface area (Å²) in [6.45, 7) is 6.50. The molecular formula is C19H22FNOS. The monoisotopic (exact) mass is 331 g/mol. The number of carbonyl (C=O) groups excluding carboxylic acids is 1. The van der Waals surface area contributed by atoms with Gasteiger partial charge in [-0.3, -0.25) is 4.79 Å². The topological polar surface area (TPSA) is 29.1 Å². The molecule has 0 aliphatic heterocycles. The molecule has 0 bridgehead atoms. The molecule has 2 aromatic rings. The van der Waals surface area contributed by atoms with Crippen LogP contribution in [-0.2, 0) is 17.1 Å². The first-order valence-corrected chi connectivity index (χ1v) is 8.70. The maximum Gasteiger partial charge on any atom is 0.233 e. The highest BCUT2D eigenvalue weighted by Crippen LogP contribution is 2.21. The fraction of sp³-hybridized carbons (Fsp3) is 0.316. The molecule has 1 unspecified atom stereocenters. The summed E-state index contributed by atoms with van der Waals surface area (Å²) in [5.74, 6) is 0.556. The van der Waals surface area contributed by atoms with Gasteiger partial charge in [-0.15, -0.1) is 11.8 Å². The molecule has 0 saturated carbocycles.